The Balaban J connectivity index is 1.99. The van der Waals surface area contributed by atoms with Gasteiger partial charge in [0, 0.05) is 6.20 Å². The summed E-state index contributed by atoms with van der Waals surface area (Å²) in [5.41, 5.74) is 0.351. The number of carbonyl (C=O) groups excluding carboxylic acids is 2. The maximum atomic E-state index is 12.4. The predicted molar refractivity (Wildman–Crippen MR) is 110 cm³/mol. The van der Waals surface area contributed by atoms with Gasteiger partial charge in [-0.05, 0) is 37.7 Å². The number of rotatable bonds is 7. The molecule has 0 saturated heterocycles. The quantitative estimate of drug-likeness (QED) is 0.687. The monoisotopic (exact) mass is 428 g/mol. The Morgan fingerprint density at radius 2 is 1.78 bits per heavy atom. The van der Waals surface area contributed by atoms with Crippen LogP contribution in [0.3, 0.4) is 0 Å². The molecular formula is C18H19Cl3N4O2. The number of anilines is 2. The number of aromatic nitrogens is 1. The largest absolute Gasteiger partial charge is 0.322 e. The minimum Gasteiger partial charge on any atom is -0.322 e. The summed E-state index contributed by atoms with van der Waals surface area (Å²) in [5.74, 6) is -0.217. The van der Waals surface area contributed by atoms with E-state index in [4.69, 9.17) is 34.8 Å². The van der Waals surface area contributed by atoms with Gasteiger partial charge in [0.25, 0.3) is 0 Å². The lowest BCUT2D eigenvalue weighted by Crippen LogP contribution is -2.45. The summed E-state index contributed by atoms with van der Waals surface area (Å²) in [6, 6.07) is 7.64. The summed E-state index contributed by atoms with van der Waals surface area (Å²) in [4.78, 5) is 30.6. The standard InChI is InChI=1S/C18H19Cl3N4O2/c1-3-25(10-16(26)24-17-13(20)5-4-6-14(17)21)11(2)18(27)23-15-8-7-12(19)9-22-15/h4-9,11H,3,10H2,1-2H3,(H,24,26)(H,22,23,27). The topological polar surface area (TPSA) is 74.3 Å². The molecule has 1 aromatic carbocycles. The number of hydrogen-bond acceptors (Lipinski definition) is 4. The lowest BCUT2D eigenvalue weighted by atomic mass is 10.2. The molecule has 1 atom stereocenters. The molecule has 2 amide bonds. The van der Waals surface area contributed by atoms with Crippen LogP contribution in [-0.2, 0) is 9.59 Å². The summed E-state index contributed by atoms with van der Waals surface area (Å²) in [6.45, 7) is 4.07. The molecule has 144 valence electrons. The molecule has 2 N–H and O–H groups in total. The molecule has 0 aliphatic heterocycles. The second kappa shape index (κ2) is 9.90. The van der Waals surface area contributed by atoms with Crippen molar-refractivity contribution in [2.24, 2.45) is 0 Å². The lowest BCUT2D eigenvalue weighted by Gasteiger charge is -2.26. The van der Waals surface area contributed by atoms with Crippen LogP contribution in [0.2, 0.25) is 15.1 Å². The van der Waals surface area contributed by atoms with Gasteiger partial charge < -0.3 is 10.6 Å². The number of likely N-dealkylation sites (N-methyl/N-ethyl adjacent to an activating group) is 1. The zero-order chi connectivity index (χ0) is 20.0. The van der Waals surface area contributed by atoms with Gasteiger partial charge in [-0.15, -0.1) is 0 Å². The van der Waals surface area contributed by atoms with Crippen LogP contribution in [0.1, 0.15) is 13.8 Å². The summed E-state index contributed by atoms with van der Waals surface area (Å²) in [7, 11) is 0. The molecule has 27 heavy (non-hydrogen) atoms. The number of nitrogens with zero attached hydrogens (tertiary/aromatic N) is 2. The minimum atomic E-state index is -0.556. The zero-order valence-electron chi connectivity index (χ0n) is 14.8. The van der Waals surface area contributed by atoms with Crippen LogP contribution < -0.4 is 10.6 Å². The molecule has 0 radical (unpaired) electrons. The maximum absolute atomic E-state index is 12.4. The van der Waals surface area contributed by atoms with Crippen LogP contribution in [0.25, 0.3) is 0 Å². The van der Waals surface area contributed by atoms with E-state index < -0.39 is 6.04 Å². The normalized spacial score (nSPS) is 11.9. The Kier molecular flexibility index (Phi) is 7.86. The van der Waals surface area contributed by atoms with Gasteiger partial charge in [0.05, 0.1) is 33.3 Å². The molecule has 0 aliphatic carbocycles. The van der Waals surface area contributed by atoms with Crippen molar-refractivity contribution in [3.8, 4) is 0 Å². The summed E-state index contributed by atoms with van der Waals surface area (Å²) >= 11 is 17.9. The number of halogens is 3. The van der Waals surface area contributed by atoms with Crippen LogP contribution in [0.15, 0.2) is 36.5 Å². The molecule has 1 aromatic heterocycles. The molecule has 0 spiro atoms. The molecular weight excluding hydrogens is 411 g/mol. The van der Waals surface area contributed by atoms with Crippen LogP contribution in [-0.4, -0.2) is 40.8 Å². The van der Waals surface area contributed by atoms with Crippen LogP contribution >= 0.6 is 34.8 Å². The molecule has 0 fully saturated rings. The summed E-state index contributed by atoms with van der Waals surface area (Å²) in [6.07, 6.45) is 1.44. The van der Waals surface area contributed by atoms with Crippen LogP contribution in [0.5, 0.6) is 0 Å². The zero-order valence-corrected chi connectivity index (χ0v) is 17.1. The lowest BCUT2D eigenvalue weighted by molar-refractivity contribution is -0.123. The van der Waals surface area contributed by atoms with Gasteiger partial charge in [-0.1, -0.05) is 47.8 Å². The van der Waals surface area contributed by atoms with Crippen LogP contribution in [0.4, 0.5) is 11.5 Å². The van der Waals surface area contributed by atoms with E-state index in [9.17, 15) is 9.59 Å². The highest BCUT2D eigenvalue weighted by Gasteiger charge is 2.23. The molecule has 0 bridgehead atoms. The molecule has 1 unspecified atom stereocenters. The maximum Gasteiger partial charge on any atom is 0.242 e. The Hall–Kier alpha value is -1.86. The van der Waals surface area contributed by atoms with Gasteiger partial charge in [0.1, 0.15) is 5.82 Å². The van der Waals surface area contributed by atoms with Gasteiger partial charge in [-0.25, -0.2) is 4.98 Å². The van der Waals surface area contributed by atoms with E-state index >= 15 is 0 Å². The van der Waals surface area contributed by atoms with Crippen molar-refractivity contribution < 1.29 is 9.59 Å². The Bertz CT molecular complexity index is 795. The molecule has 2 rings (SSSR count). The molecule has 0 saturated carbocycles. The number of amides is 2. The number of carbonyl (C=O) groups is 2. The first kappa shape index (κ1) is 21.4. The Labute approximate surface area is 172 Å². The number of hydrogen-bond donors (Lipinski definition) is 2. The SMILES string of the molecule is CCN(CC(=O)Nc1c(Cl)cccc1Cl)C(C)C(=O)Nc1ccc(Cl)cn1. The smallest absolute Gasteiger partial charge is 0.242 e. The molecule has 6 nitrogen and oxygen atoms in total. The van der Waals surface area contributed by atoms with E-state index in [1.54, 1.807) is 42.2 Å². The second-order valence-electron chi connectivity index (χ2n) is 5.73. The first-order valence-electron chi connectivity index (χ1n) is 8.22. The van der Waals surface area contributed by atoms with Gasteiger partial charge >= 0.3 is 0 Å². The van der Waals surface area contributed by atoms with Crippen molar-refractivity contribution in [3.63, 3.8) is 0 Å². The minimum absolute atomic E-state index is 0.000680. The fraction of sp³-hybridized carbons (Fsp3) is 0.278. The van der Waals surface area contributed by atoms with Gasteiger partial charge in [0.15, 0.2) is 0 Å². The highest BCUT2D eigenvalue weighted by molar-refractivity contribution is 6.39. The van der Waals surface area contributed by atoms with Crippen molar-refractivity contribution in [3.05, 3.63) is 51.6 Å². The molecule has 0 aliphatic rings. The number of para-hydroxylation sites is 1. The third kappa shape index (κ3) is 6.07. The van der Waals surface area contributed by atoms with E-state index in [1.165, 1.54) is 6.20 Å². The van der Waals surface area contributed by atoms with Crippen molar-refractivity contribution in [1.82, 2.24) is 9.88 Å². The molecule has 9 heteroatoms. The van der Waals surface area contributed by atoms with E-state index in [0.717, 1.165) is 0 Å². The third-order valence-corrected chi connectivity index (χ3v) is 4.74. The third-order valence-electron chi connectivity index (χ3n) is 3.89. The van der Waals surface area contributed by atoms with Crippen LogP contribution in [0, 0.1) is 0 Å². The van der Waals surface area contributed by atoms with Gasteiger partial charge in [0.2, 0.25) is 11.8 Å². The average Bonchev–Trinajstić information content (AvgIpc) is 2.64. The van der Waals surface area contributed by atoms with Gasteiger partial charge in [-0.3, -0.25) is 14.5 Å². The molecule has 1 heterocycles. The van der Waals surface area contributed by atoms with E-state index in [0.29, 0.717) is 33.1 Å². The highest BCUT2D eigenvalue weighted by Crippen LogP contribution is 2.29. The van der Waals surface area contributed by atoms with Crippen molar-refractivity contribution >= 4 is 58.1 Å². The van der Waals surface area contributed by atoms with Gasteiger partial charge in [-0.2, -0.15) is 0 Å². The Morgan fingerprint density at radius 3 is 2.33 bits per heavy atom. The molecule has 2 aromatic rings. The Morgan fingerprint density at radius 1 is 1.11 bits per heavy atom. The van der Waals surface area contributed by atoms with Crippen molar-refractivity contribution in [2.75, 3.05) is 23.7 Å². The summed E-state index contributed by atoms with van der Waals surface area (Å²) in [5, 5.41) is 6.56. The second-order valence-corrected chi connectivity index (χ2v) is 6.99. The van der Waals surface area contributed by atoms with Crippen molar-refractivity contribution in [1.29, 1.82) is 0 Å². The van der Waals surface area contributed by atoms with E-state index in [2.05, 4.69) is 15.6 Å². The fourth-order valence-corrected chi connectivity index (χ4v) is 2.95. The number of benzene rings is 1. The predicted octanol–water partition coefficient (Wildman–Crippen LogP) is 4.33. The highest BCUT2D eigenvalue weighted by atomic mass is 35.5. The average molecular weight is 430 g/mol. The summed E-state index contributed by atoms with van der Waals surface area (Å²) < 4.78 is 0. The van der Waals surface area contributed by atoms with E-state index in [1.807, 2.05) is 6.92 Å². The first-order chi connectivity index (χ1) is 12.8. The van der Waals surface area contributed by atoms with E-state index in [-0.39, 0.29) is 18.4 Å². The number of nitrogens with one attached hydrogen (secondary N) is 2. The number of pyridine rings is 1. The van der Waals surface area contributed by atoms with Crippen molar-refractivity contribution in [2.45, 2.75) is 19.9 Å². The fourth-order valence-electron chi connectivity index (χ4n) is 2.35. The first-order valence-corrected chi connectivity index (χ1v) is 9.35.